The second-order valence-electron chi connectivity index (χ2n) is 6.01. The van der Waals surface area contributed by atoms with Crippen LogP contribution in [0.2, 0.25) is 0 Å². The van der Waals surface area contributed by atoms with Gasteiger partial charge in [0.25, 0.3) is 0 Å². The van der Waals surface area contributed by atoms with Gasteiger partial charge in [-0.25, -0.2) is 8.42 Å². The molecule has 4 rings (SSSR count). The Kier molecular flexibility index (Phi) is 3.25. The molecule has 3 nitrogen and oxygen atoms in total. The van der Waals surface area contributed by atoms with Gasteiger partial charge in [-0.1, -0.05) is 54.1 Å². The molecule has 1 unspecified atom stereocenters. The molecule has 0 bridgehead atoms. The van der Waals surface area contributed by atoms with Crippen LogP contribution in [0.25, 0.3) is 10.8 Å². The highest BCUT2D eigenvalue weighted by atomic mass is 32.2. The van der Waals surface area contributed by atoms with E-state index in [1.165, 1.54) is 5.39 Å². The topological polar surface area (TPSA) is 37.1 Å². The molecule has 1 saturated heterocycles. The molecular formula is C19H17NO2S. The summed E-state index contributed by atoms with van der Waals surface area (Å²) in [6, 6.07) is 21.3. The van der Waals surface area contributed by atoms with Crippen LogP contribution >= 0.6 is 0 Å². The number of nitrogens with zero attached hydrogens (tertiary/aromatic N) is 1. The van der Waals surface area contributed by atoms with Gasteiger partial charge in [0, 0.05) is 6.54 Å². The summed E-state index contributed by atoms with van der Waals surface area (Å²) in [5.74, 6) is 0. The molecule has 0 spiro atoms. The Bertz CT molecular complexity index is 978. The number of rotatable bonds is 3. The van der Waals surface area contributed by atoms with E-state index < -0.39 is 10.0 Å². The van der Waals surface area contributed by atoms with Gasteiger partial charge in [-0.05, 0) is 41.5 Å². The number of benzene rings is 3. The van der Waals surface area contributed by atoms with Crippen LogP contribution in [0.5, 0.6) is 0 Å². The minimum Gasteiger partial charge on any atom is -0.207 e. The van der Waals surface area contributed by atoms with Crippen molar-refractivity contribution in [2.45, 2.75) is 17.9 Å². The van der Waals surface area contributed by atoms with Crippen molar-refractivity contribution in [2.24, 2.45) is 0 Å². The first-order chi connectivity index (χ1) is 11.1. The van der Waals surface area contributed by atoms with Gasteiger partial charge in [0.2, 0.25) is 10.0 Å². The first-order valence-corrected chi connectivity index (χ1v) is 9.07. The minimum absolute atomic E-state index is 0.0501. The van der Waals surface area contributed by atoms with Crippen LogP contribution in [0.15, 0.2) is 71.6 Å². The predicted octanol–water partition coefficient (Wildman–Crippen LogP) is 3.89. The molecule has 0 radical (unpaired) electrons. The molecule has 4 heteroatoms. The Morgan fingerprint density at radius 1 is 0.913 bits per heavy atom. The van der Waals surface area contributed by atoms with Crippen LogP contribution in [-0.2, 0) is 10.0 Å². The van der Waals surface area contributed by atoms with E-state index in [9.17, 15) is 8.42 Å². The molecule has 2 atom stereocenters. The van der Waals surface area contributed by atoms with E-state index in [0.717, 1.165) is 16.5 Å². The molecule has 1 aliphatic heterocycles. The molecule has 1 heterocycles. The minimum atomic E-state index is -3.40. The molecule has 0 aromatic heterocycles. The maximum absolute atomic E-state index is 12.7. The maximum atomic E-state index is 12.7. The monoisotopic (exact) mass is 323 g/mol. The Morgan fingerprint density at radius 3 is 2.35 bits per heavy atom. The fourth-order valence-electron chi connectivity index (χ4n) is 2.92. The van der Waals surface area contributed by atoms with Gasteiger partial charge in [0.15, 0.2) is 0 Å². The third-order valence-electron chi connectivity index (χ3n) is 4.35. The lowest BCUT2D eigenvalue weighted by atomic mass is 10.1. The van der Waals surface area contributed by atoms with Crippen molar-refractivity contribution in [3.63, 3.8) is 0 Å². The van der Waals surface area contributed by atoms with Gasteiger partial charge in [-0.3, -0.25) is 0 Å². The summed E-state index contributed by atoms with van der Waals surface area (Å²) in [4.78, 5) is 0.367. The first kappa shape index (κ1) is 14.4. The Hall–Kier alpha value is -2.17. The van der Waals surface area contributed by atoms with Crippen LogP contribution < -0.4 is 0 Å². The number of sulfonamides is 1. The van der Waals surface area contributed by atoms with Crippen LogP contribution in [0, 0.1) is 6.92 Å². The molecule has 0 amide bonds. The second kappa shape index (κ2) is 5.18. The Morgan fingerprint density at radius 2 is 1.61 bits per heavy atom. The lowest BCUT2D eigenvalue weighted by molar-refractivity contribution is 0.554. The average Bonchev–Trinajstić information content (AvgIpc) is 3.36. The molecule has 0 aliphatic carbocycles. The van der Waals surface area contributed by atoms with E-state index in [1.54, 1.807) is 16.4 Å². The van der Waals surface area contributed by atoms with E-state index >= 15 is 0 Å². The molecule has 23 heavy (non-hydrogen) atoms. The third kappa shape index (κ3) is 2.54. The summed E-state index contributed by atoms with van der Waals surface area (Å²) < 4.78 is 26.9. The quantitative estimate of drug-likeness (QED) is 0.686. The predicted molar refractivity (Wildman–Crippen MR) is 91.8 cm³/mol. The highest BCUT2D eigenvalue weighted by molar-refractivity contribution is 7.89. The van der Waals surface area contributed by atoms with Crippen molar-refractivity contribution in [1.29, 1.82) is 0 Å². The van der Waals surface area contributed by atoms with Crippen LogP contribution in [0.1, 0.15) is 17.2 Å². The lowest BCUT2D eigenvalue weighted by Crippen LogP contribution is -2.12. The molecule has 0 N–H and O–H groups in total. The fourth-order valence-corrected chi connectivity index (χ4v) is 4.47. The standard InChI is InChI=1S/C19H17NO2S/c1-14-6-10-18(11-7-14)23(21,22)20-13-19(20)17-9-8-15-4-2-3-5-16(15)12-17/h2-12,19H,13H2,1H3/t19-,20?/m1/s1. The number of hydrogen-bond donors (Lipinski definition) is 0. The van der Waals surface area contributed by atoms with Crippen LogP contribution in [-0.4, -0.2) is 19.3 Å². The van der Waals surface area contributed by atoms with Gasteiger partial charge < -0.3 is 0 Å². The van der Waals surface area contributed by atoms with Crippen molar-refractivity contribution in [3.05, 3.63) is 77.9 Å². The lowest BCUT2D eigenvalue weighted by Gasteiger charge is -2.07. The van der Waals surface area contributed by atoms with E-state index in [4.69, 9.17) is 0 Å². The second-order valence-corrected chi connectivity index (χ2v) is 7.90. The molecule has 1 aliphatic rings. The Balaban J connectivity index is 1.64. The molecular weight excluding hydrogens is 306 g/mol. The number of hydrogen-bond acceptors (Lipinski definition) is 2. The van der Waals surface area contributed by atoms with Crippen molar-refractivity contribution in [1.82, 2.24) is 4.31 Å². The van der Waals surface area contributed by atoms with E-state index in [0.29, 0.717) is 11.4 Å². The largest absolute Gasteiger partial charge is 0.243 e. The zero-order valence-electron chi connectivity index (χ0n) is 12.8. The van der Waals surface area contributed by atoms with Crippen molar-refractivity contribution < 1.29 is 8.42 Å². The van der Waals surface area contributed by atoms with Gasteiger partial charge in [-0.15, -0.1) is 0 Å². The van der Waals surface area contributed by atoms with E-state index in [1.807, 2.05) is 37.3 Å². The van der Waals surface area contributed by atoms with Crippen LogP contribution in [0.3, 0.4) is 0 Å². The van der Waals surface area contributed by atoms with Crippen molar-refractivity contribution in [2.75, 3.05) is 6.54 Å². The zero-order valence-corrected chi connectivity index (χ0v) is 13.6. The maximum Gasteiger partial charge on any atom is 0.243 e. The molecule has 0 saturated carbocycles. The molecule has 116 valence electrons. The van der Waals surface area contributed by atoms with Gasteiger partial charge in [-0.2, -0.15) is 4.31 Å². The third-order valence-corrected chi connectivity index (χ3v) is 6.24. The summed E-state index contributed by atoms with van der Waals surface area (Å²) in [5.41, 5.74) is 2.11. The highest BCUT2D eigenvalue weighted by Gasteiger charge is 2.45. The van der Waals surface area contributed by atoms with Gasteiger partial charge in [0.05, 0.1) is 10.9 Å². The average molecular weight is 323 g/mol. The number of aryl methyl sites for hydroxylation is 1. The Labute approximate surface area is 136 Å². The van der Waals surface area contributed by atoms with E-state index in [-0.39, 0.29) is 6.04 Å². The summed E-state index contributed by atoms with van der Waals surface area (Å²) in [6.07, 6.45) is 0. The number of fused-ring (bicyclic) bond motifs is 1. The molecule has 3 aromatic rings. The summed E-state index contributed by atoms with van der Waals surface area (Å²) in [7, 11) is -3.40. The normalized spacial score (nSPS) is 20.6. The SMILES string of the molecule is Cc1ccc(S(=O)(=O)N2C[C@@H]2c2ccc3ccccc3c2)cc1. The fraction of sp³-hybridized carbons (Fsp3) is 0.158. The van der Waals surface area contributed by atoms with Gasteiger partial charge >= 0.3 is 0 Å². The van der Waals surface area contributed by atoms with Gasteiger partial charge in [0.1, 0.15) is 0 Å². The highest BCUT2D eigenvalue weighted by Crippen LogP contribution is 2.41. The summed E-state index contributed by atoms with van der Waals surface area (Å²) in [5, 5.41) is 2.31. The smallest absolute Gasteiger partial charge is 0.207 e. The molecule has 3 aromatic carbocycles. The van der Waals surface area contributed by atoms with Crippen molar-refractivity contribution >= 4 is 20.8 Å². The summed E-state index contributed by atoms with van der Waals surface area (Å²) in [6.45, 7) is 2.50. The summed E-state index contributed by atoms with van der Waals surface area (Å²) >= 11 is 0. The first-order valence-electron chi connectivity index (χ1n) is 7.63. The van der Waals surface area contributed by atoms with Crippen LogP contribution in [0.4, 0.5) is 0 Å². The molecule has 1 fully saturated rings. The van der Waals surface area contributed by atoms with Crippen molar-refractivity contribution in [3.8, 4) is 0 Å². The zero-order chi connectivity index (χ0) is 16.0. The van der Waals surface area contributed by atoms with E-state index in [2.05, 4.69) is 24.3 Å².